The molecule has 4 heterocycles. The summed E-state index contributed by atoms with van der Waals surface area (Å²) in [6.07, 6.45) is 5.29. The predicted octanol–water partition coefficient (Wildman–Crippen LogP) is 3.74. The van der Waals surface area contributed by atoms with Crippen molar-refractivity contribution in [3.63, 3.8) is 0 Å². The highest BCUT2D eigenvalue weighted by Gasteiger charge is 2.14. The van der Waals surface area contributed by atoms with E-state index in [1.807, 2.05) is 64.3 Å². The molecule has 4 rings (SSSR count). The van der Waals surface area contributed by atoms with Crippen LogP contribution in [0.3, 0.4) is 0 Å². The van der Waals surface area contributed by atoms with Crippen molar-refractivity contribution in [1.82, 2.24) is 29.3 Å². The summed E-state index contributed by atoms with van der Waals surface area (Å²) < 4.78 is 9.28. The molecule has 164 valence electrons. The van der Waals surface area contributed by atoms with Crippen LogP contribution in [-0.4, -0.2) is 29.3 Å². The Morgan fingerprint density at radius 1 is 1.03 bits per heavy atom. The fraction of sp³-hybridized carbons (Fsp3) is 0.292. The lowest BCUT2D eigenvalue weighted by atomic mass is 10.2. The molecule has 0 amide bonds. The van der Waals surface area contributed by atoms with Gasteiger partial charge in [-0.1, -0.05) is 13.8 Å². The average Bonchev–Trinajstić information content (AvgIpc) is 3.20. The van der Waals surface area contributed by atoms with Gasteiger partial charge in [0.25, 0.3) is 5.56 Å². The molecule has 0 unspecified atom stereocenters. The Hall–Kier alpha value is -3.81. The van der Waals surface area contributed by atoms with Crippen LogP contribution < -0.4 is 10.3 Å². The first-order chi connectivity index (χ1) is 15.3. The van der Waals surface area contributed by atoms with Crippen LogP contribution in [0.4, 0.5) is 0 Å². The quantitative estimate of drug-likeness (QED) is 0.463. The van der Waals surface area contributed by atoms with Gasteiger partial charge in [0.05, 0.1) is 28.3 Å². The minimum Gasteiger partial charge on any atom is -0.487 e. The lowest BCUT2D eigenvalue weighted by Crippen LogP contribution is -2.23. The number of aryl methyl sites for hydroxylation is 2. The van der Waals surface area contributed by atoms with Gasteiger partial charge >= 0.3 is 0 Å². The second-order valence-electron chi connectivity index (χ2n) is 8.04. The predicted molar refractivity (Wildman–Crippen MR) is 122 cm³/mol. The summed E-state index contributed by atoms with van der Waals surface area (Å²) in [6.45, 7) is 8.05. The number of ether oxygens (including phenoxy) is 1. The largest absolute Gasteiger partial charge is 0.487 e. The van der Waals surface area contributed by atoms with Gasteiger partial charge in [0.2, 0.25) is 0 Å². The molecule has 0 bridgehead atoms. The first-order valence-corrected chi connectivity index (χ1v) is 10.5. The van der Waals surface area contributed by atoms with E-state index in [4.69, 9.17) is 4.74 Å². The maximum absolute atomic E-state index is 13.2. The molecule has 0 aromatic carbocycles. The van der Waals surface area contributed by atoms with Gasteiger partial charge in [0.15, 0.2) is 0 Å². The Bertz CT molecular complexity index is 1320. The molecule has 0 N–H and O–H groups in total. The molecule has 0 aliphatic carbocycles. The summed E-state index contributed by atoms with van der Waals surface area (Å²) in [6, 6.07) is 9.28. The monoisotopic (exact) mass is 430 g/mol. The van der Waals surface area contributed by atoms with Gasteiger partial charge in [0.1, 0.15) is 18.2 Å². The van der Waals surface area contributed by atoms with E-state index in [0.717, 1.165) is 28.6 Å². The number of hydrogen-bond donors (Lipinski definition) is 0. The molecule has 0 saturated heterocycles. The second kappa shape index (κ2) is 8.74. The molecule has 0 fully saturated rings. The summed E-state index contributed by atoms with van der Waals surface area (Å²) in [5.41, 5.74) is 4.10. The van der Waals surface area contributed by atoms with Crippen molar-refractivity contribution in [3.05, 3.63) is 82.1 Å². The zero-order valence-electron chi connectivity index (χ0n) is 18.9. The molecule has 0 aliphatic heterocycles. The molecule has 0 aliphatic rings. The molecule has 32 heavy (non-hydrogen) atoms. The van der Waals surface area contributed by atoms with E-state index in [2.05, 4.69) is 20.1 Å². The third-order valence-electron chi connectivity index (χ3n) is 5.19. The molecule has 8 heteroatoms. The molecule has 4 aromatic rings. The van der Waals surface area contributed by atoms with Gasteiger partial charge < -0.3 is 4.74 Å². The van der Waals surface area contributed by atoms with Crippen molar-refractivity contribution in [3.8, 4) is 22.8 Å². The van der Waals surface area contributed by atoms with Gasteiger partial charge in [-0.2, -0.15) is 5.10 Å². The normalized spacial score (nSPS) is 11.2. The van der Waals surface area contributed by atoms with Crippen molar-refractivity contribution >= 4 is 0 Å². The summed E-state index contributed by atoms with van der Waals surface area (Å²) in [4.78, 5) is 26.6. The van der Waals surface area contributed by atoms with Crippen LogP contribution in [-0.2, 0) is 13.7 Å². The maximum atomic E-state index is 13.2. The standard InChI is InChI=1S/C24H26N6O2/c1-15(2)23-26-10-7-20(27-23)21-13-19(6-9-25-21)30-16(3)12-22(17(4)24(30)31)32-14-18-8-11-29(5)28-18/h6-13,15H,14H2,1-5H3. The molecule has 0 spiro atoms. The molecule has 0 radical (unpaired) electrons. The Labute approximate surface area is 186 Å². The molecular formula is C24H26N6O2. The van der Waals surface area contributed by atoms with Crippen molar-refractivity contribution in [2.75, 3.05) is 0 Å². The van der Waals surface area contributed by atoms with Gasteiger partial charge in [-0.15, -0.1) is 0 Å². The number of nitrogens with zero attached hydrogens (tertiary/aromatic N) is 6. The highest BCUT2D eigenvalue weighted by atomic mass is 16.5. The Morgan fingerprint density at radius 3 is 2.53 bits per heavy atom. The lowest BCUT2D eigenvalue weighted by molar-refractivity contribution is 0.296. The third kappa shape index (κ3) is 4.30. The summed E-state index contributed by atoms with van der Waals surface area (Å²) in [5.74, 6) is 1.53. The lowest BCUT2D eigenvalue weighted by Gasteiger charge is -2.15. The molecule has 0 saturated carbocycles. The highest BCUT2D eigenvalue weighted by molar-refractivity contribution is 5.57. The van der Waals surface area contributed by atoms with E-state index in [0.29, 0.717) is 23.6 Å². The Kier molecular flexibility index (Phi) is 5.85. The number of hydrogen-bond acceptors (Lipinski definition) is 6. The van der Waals surface area contributed by atoms with E-state index < -0.39 is 0 Å². The van der Waals surface area contributed by atoms with Crippen LogP contribution in [0.2, 0.25) is 0 Å². The fourth-order valence-electron chi connectivity index (χ4n) is 3.45. The fourth-order valence-corrected chi connectivity index (χ4v) is 3.45. The topological polar surface area (TPSA) is 87.7 Å². The van der Waals surface area contributed by atoms with Crippen LogP contribution in [0.25, 0.3) is 17.1 Å². The minimum atomic E-state index is -0.135. The van der Waals surface area contributed by atoms with Crippen LogP contribution in [0.15, 0.2) is 53.7 Å². The molecular weight excluding hydrogens is 404 g/mol. The Morgan fingerprint density at radius 2 is 1.81 bits per heavy atom. The van der Waals surface area contributed by atoms with E-state index in [9.17, 15) is 4.79 Å². The zero-order valence-corrected chi connectivity index (χ0v) is 18.9. The number of rotatable bonds is 6. The Balaban J connectivity index is 1.68. The summed E-state index contributed by atoms with van der Waals surface area (Å²) in [5, 5.41) is 4.31. The van der Waals surface area contributed by atoms with Gasteiger partial charge in [-0.3, -0.25) is 19.0 Å². The van der Waals surface area contributed by atoms with Gasteiger partial charge in [-0.05, 0) is 38.1 Å². The van der Waals surface area contributed by atoms with Gasteiger partial charge in [-0.25, -0.2) is 9.97 Å². The maximum Gasteiger partial charge on any atom is 0.261 e. The van der Waals surface area contributed by atoms with Crippen LogP contribution in [0.1, 0.15) is 42.5 Å². The van der Waals surface area contributed by atoms with Crippen LogP contribution >= 0.6 is 0 Å². The molecule has 4 aromatic heterocycles. The SMILES string of the molecule is Cc1c(OCc2ccn(C)n2)cc(C)n(-c2ccnc(-c3ccnc(C(C)C)n3)c2)c1=O. The number of pyridine rings is 2. The first-order valence-electron chi connectivity index (χ1n) is 10.5. The second-order valence-corrected chi connectivity index (χ2v) is 8.04. The van der Waals surface area contributed by atoms with Crippen molar-refractivity contribution < 1.29 is 4.74 Å². The summed E-state index contributed by atoms with van der Waals surface area (Å²) >= 11 is 0. The van der Waals surface area contributed by atoms with E-state index >= 15 is 0 Å². The summed E-state index contributed by atoms with van der Waals surface area (Å²) in [7, 11) is 1.86. The first kappa shape index (κ1) is 21.4. The van der Waals surface area contributed by atoms with Crippen LogP contribution in [0, 0.1) is 13.8 Å². The van der Waals surface area contributed by atoms with Crippen molar-refractivity contribution in [2.45, 2.75) is 40.2 Å². The van der Waals surface area contributed by atoms with E-state index in [-0.39, 0.29) is 11.5 Å². The van der Waals surface area contributed by atoms with Gasteiger partial charge in [0, 0.05) is 43.3 Å². The van der Waals surface area contributed by atoms with Crippen LogP contribution in [0.5, 0.6) is 5.75 Å². The third-order valence-corrected chi connectivity index (χ3v) is 5.19. The highest BCUT2D eigenvalue weighted by Crippen LogP contribution is 2.22. The average molecular weight is 431 g/mol. The van der Waals surface area contributed by atoms with Crippen molar-refractivity contribution in [1.29, 1.82) is 0 Å². The molecule has 0 atom stereocenters. The van der Waals surface area contributed by atoms with E-state index in [1.165, 1.54) is 0 Å². The van der Waals surface area contributed by atoms with Crippen molar-refractivity contribution in [2.24, 2.45) is 7.05 Å². The zero-order chi connectivity index (χ0) is 22.8. The molecule has 8 nitrogen and oxygen atoms in total. The number of aromatic nitrogens is 6. The smallest absolute Gasteiger partial charge is 0.261 e. The minimum absolute atomic E-state index is 0.135. The van der Waals surface area contributed by atoms with E-state index in [1.54, 1.807) is 28.6 Å².